The van der Waals surface area contributed by atoms with Crippen molar-refractivity contribution in [3.63, 3.8) is 0 Å². The highest BCUT2D eigenvalue weighted by molar-refractivity contribution is 7.21. The van der Waals surface area contributed by atoms with Gasteiger partial charge in [-0.05, 0) is 48.5 Å². The second kappa shape index (κ2) is 9.50. The summed E-state index contributed by atoms with van der Waals surface area (Å²) in [7, 11) is 0. The number of hydrogen-bond donors (Lipinski definition) is 4. The van der Waals surface area contributed by atoms with Gasteiger partial charge in [0.25, 0.3) is 11.8 Å². The lowest BCUT2D eigenvalue weighted by atomic mass is 10.2. The molecule has 4 rings (SSSR count). The van der Waals surface area contributed by atoms with Crippen molar-refractivity contribution >= 4 is 68.3 Å². The first-order valence-corrected chi connectivity index (χ1v) is 11.0. The van der Waals surface area contributed by atoms with Crippen LogP contribution in [0, 0.1) is 0 Å². The molecule has 166 valence electrons. The van der Waals surface area contributed by atoms with Crippen molar-refractivity contribution in [3.8, 4) is 11.5 Å². The Balaban J connectivity index is 1.40. The number of nitrogens with one attached hydrogen (secondary N) is 2. The molecule has 0 atom stereocenters. The molecule has 4 aromatic rings. The van der Waals surface area contributed by atoms with Crippen LogP contribution in [0.5, 0.6) is 11.5 Å². The first-order valence-electron chi connectivity index (χ1n) is 9.46. The number of fused-ring (bicyclic) bond motifs is 1. The highest BCUT2D eigenvalue weighted by Gasteiger charge is 2.17. The van der Waals surface area contributed by atoms with Gasteiger partial charge in [0, 0.05) is 38.0 Å². The van der Waals surface area contributed by atoms with Crippen LogP contribution in [0.4, 0.5) is 5.69 Å². The Kier molecular flexibility index (Phi) is 6.50. The number of hydrazone groups is 1. The molecule has 7 nitrogen and oxygen atoms in total. The van der Waals surface area contributed by atoms with Gasteiger partial charge in [0.1, 0.15) is 16.4 Å². The number of aromatic hydroxyl groups is 2. The molecule has 0 fully saturated rings. The SMILES string of the molecule is O=C(N/N=C\c1ccc(O)cc1O)c1ccc(NC(=O)c2sc3cc(Cl)ccc3c2Cl)cc1. The van der Waals surface area contributed by atoms with Crippen LogP contribution < -0.4 is 10.7 Å². The zero-order valence-electron chi connectivity index (χ0n) is 16.7. The number of halogens is 2. The molecule has 0 saturated heterocycles. The van der Waals surface area contributed by atoms with E-state index in [9.17, 15) is 19.8 Å². The molecule has 0 aliphatic heterocycles. The molecular weight excluding hydrogens is 485 g/mol. The van der Waals surface area contributed by atoms with Crippen LogP contribution in [0.2, 0.25) is 10.0 Å². The van der Waals surface area contributed by atoms with Crippen molar-refractivity contribution in [3.05, 3.63) is 86.7 Å². The van der Waals surface area contributed by atoms with E-state index in [-0.39, 0.29) is 17.4 Å². The van der Waals surface area contributed by atoms with Crippen LogP contribution >= 0.6 is 34.5 Å². The number of benzene rings is 3. The van der Waals surface area contributed by atoms with Crippen LogP contribution in [-0.4, -0.2) is 28.2 Å². The average molecular weight is 500 g/mol. The number of phenolic OH excluding ortho intramolecular Hbond substituents is 2. The minimum Gasteiger partial charge on any atom is -0.508 e. The topological polar surface area (TPSA) is 111 Å². The van der Waals surface area contributed by atoms with E-state index in [0.717, 1.165) is 16.2 Å². The fourth-order valence-electron chi connectivity index (χ4n) is 2.94. The van der Waals surface area contributed by atoms with Crippen LogP contribution in [0.15, 0.2) is 65.8 Å². The summed E-state index contributed by atoms with van der Waals surface area (Å²) in [4.78, 5) is 25.3. The molecule has 4 N–H and O–H groups in total. The number of phenols is 2. The van der Waals surface area contributed by atoms with Crippen molar-refractivity contribution in [1.82, 2.24) is 5.43 Å². The molecule has 3 aromatic carbocycles. The van der Waals surface area contributed by atoms with Gasteiger partial charge in [-0.2, -0.15) is 5.10 Å². The maximum Gasteiger partial charge on any atom is 0.271 e. The van der Waals surface area contributed by atoms with E-state index >= 15 is 0 Å². The Morgan fingerprint density at radius 3 is 2.42 bits per heavy atom. The molecule has 10 heteroatoms. The molecule has 1 aromatic heterocycles. The van der Waals surface area contributed by atoms with Gasteiger partial charge in [0.05, 0.1) is 11.2 Å². The van der Waals surface area contributed by atoms with E-state index in [1.54, 1.807) is 30.3 Å². The third-order valence-corrected chi connectivity index (χ3v) is 6.48. The van der Waals surface area contributed by atoms with Gasteiger partial charge in [0.15, 0.2) is 0 Å². The molecule has 0 saturated carbocycles. The number of rotatable bonds is 5. The van der Waals surface area contributed by atoms with Crippen molar-refractivity contribution in [2.75, 3.05) is 5.32 Å². The monoisotopic (exact) mass is 499 g/mol. The number of carbonyl (C=O) groups excluding carboxylic acids is 2. The predicted molar refractivity (Wildman–Crippen MR) is 131 cm³/mol. The highest BCUT2D eigenvalue weighted by atomic mass is 35.5. The summed E-state index contributed by atoms with van der Waals surface area (Å²) in [6, 6.07) is 15.5. The summed E-state index contributed by atoms with van der Waals surface area (Å²) in [5.41, 5.74) is 3.47. The highest BCUT2D eigenvalue weighted by Crippen LogP contribution is 2.37. The van der Waals surface area contributed by atoms with E-state index in [4.69, 9.17) is 23.2 Å². The quantitative estimate of drug-likeness (QED) is 0.210. The summed E-state index contributed by atoms with van der Waals surface area (Å²) < 4.78 is 0.811. The van der Waals surface area contributed by atoms with Gasteiger partial charge in [-0.1, -0.05) is 29.3 Å². The normalized spacial score (nSPS) is 11.1. The molecule has 0 aliphatic rings. The summed E-state index contributed by atoms with van der Waals surface area (Å²) in [5, 5.41) is 27.2. The number of nitrogens with zero attached hydrogens (tertiary/aromatic N) is 1. The molecule has 33 heavy (non-hydrogen) atoms. The minimum atomic E-state index is -0.480. The predicted octanol–water partition coefficient (Wildman–Crippen LogP) is 5.64. The number of hydrogen-bond acceptors (Lipinski definition) is 6. The number of carbonyl (C=O) groups is 2. The zero-order chi connectivity index (χ0) is 23.5. The first-order chi connectivity index (χ1) is 15.8. The van der Waals surface area contributed by atoms with Gasteiger partial charge < -0.3 is 15.5 Å². The maximum absolute atomic E-state index is 12.7. The van der Waals surface area contributed by atoms with Gasteiger partial charge in [0.2, 0.25) is 0 Å². The maximum atomic E-state index is 12.7. The third kappa shape index (κ3) is 5.09. The Bertz CT molecular complexity index is 1400. The van der Waals surface area contributed by atoms with Crippen molar-refractivity contribution in [2.45, 2.75) is 0 Å². The lowest BCUT2D eigenvalue weighted by Gasteiger charge is -2.05. The van der Waals surface area contributed by atoms with E-state index in [2.05, 4.69) is 15.8 Å². The number of thiophene rings is 1. The largest absolute Gasteiger partial charge is 0.508 e. The summed E-state index contributed by atoms with van der Waals surface area (Å²) >= 11 is 13.6. The molecule has 0 aliphatic carbocycles. The standard InChI is InChI=1S/C23H15Cl2N3O4S/c24-14-4-8-17-19(9-14)33-21(20(17)25)23(32)27-15-5-1-12(2-6-15)22(31)28-26-11-13-3-7-16(29)10-18(13)30/h1-11,29-30H,(H,27,32)(H,28,31)/b26-11-. The van der Waals surface area contributed by atoms with Gasteiger partial charge >= 0.3 is 0 Å². The fraction of sp³-hybridized carbons (Fsp3) is 0. The van der Waals surface area contributed by atoms with E-state index < -0.39 is 5.91 Å². The van der Waals surface area contributed by atoms with Crippen LogP contribution in [-0.2, 0) is 0 Å². The van der Waals surface area contributed by atoms with E-state index in [0.29, 0.717) is 31.7 Å². The summed E-state index contributed by atoms with van der Waals surface area (Å²) in [6.07, 6.45) is 1.25. The van der Waals surface area contributed by atoms with Crippen molar-refractivity contribution in [2.24, 2.45) is 5.10 Å². The van der Waals surface area contributed by atoms with E-state index in [1.807, 2.05) is 0 Å². The lowest BCUT2D eigenvalue weighted by Crippen LogP contribution is -2.17. The van der Waals surface area contributed by atoms with Crippen LogP contribution in [0.25, 0.3) is 10.1 Å². The average Bonchev–Trinajstić information content (AvgIpc) is 3.11. The van der Waals surface area contributed by atoms with Crippen molar-refractivity contribution in [1.29, 1.82) is 0 Å². The lowest BCUT2D eigenvalue weighted by molar-refractivity contribution is 0.0954. The third-order valence-electron chi connectivity index (χ3n) is 4.59. The molecule has 0 radical (unpaired) electrons. The number of amides is 2. The molecule has 2 amide bonds. The fourth-order valence-corrected chi connectivity index (χ4v) is 4.63. The minimum absolute atomic E-state index is 0.0834. The van der Waals surface area contributed by atoms with Crippen LogP contribution in [0.3, 0.4) is 0 Å². The molecular formula is C23H15Cl2N3O4S. The molecule has 0 unspecified atom stereocenters. The number of anilines is 1. The second-order valence-electron chi connectivity index (χ2n) is 6.86. The second-order valence-corrected chi connectivity index (χ2v) is 8.73. The van der Waals surface area contributed by atoms with Crippen LogP contribution in [0.1, 0.15) is 25.6 Å². The molecule has 1 heterocycles. The Labute approximate surface area is 201 Å². The first kappa shape index (κ1) is 22.6. The Hall–Kier alpha value is -3.59. The van der Waals surface area contributed by atoms with Gasteiger partial charge in [-0.15, -0.1) is 11.3 Å². The Morgan fingerprint density at radius 2 is 1.70 bits per heavy atom. The van der Waals surface area contributed by atoms with E-state index in [1.165, 1.54) is 41.8 Å². The molecule has 0 bridgehead atoms. The zero-order valence-corrected chi connectivity index (χ0v) is 19.0. The molecule has 0 spiro atoms. The van der Waals surface area contributed by atoms with Gasteiger partial charge in [-0.3, -0.25) is 9.59 Å². The Morgan fingerprint density at radius 1 is 0.939 bits per heavy atom. The summed E-state index contributed by atoms with van der Waals surface area (Å²) in [5.74, 6) is -1.10. The summed E-state index contributed by atoms with van der Waals surface area (Å²) in [6.45, 7) is 0. The van der Waals surface area contributed by atoms with Crippen molar-refractivity contribution < 1.29 is 19.8 Å². The van der Waals surface area contributed by atoms with Gasteiger partial charge in [-0.25, -0.2) is 5.43 Å². The smallest absolute Gasteiger partial charge is 0.271 e.